The number of aliphatic carboxylic acids is 1. The molecule has 20 heavy (non-hydrogen) atoms. The highest BCUT2D eigenvalue weighted by molar-refractivity contribution is 5.66. The number of benzene rings is 1. The SMILES string of the molecule is CCCC(O)c1cc(C)ccc1C=CCCCC(=O)O. The van der Waals surface area contributed by atoms with Crippen molar-refractivity contribution in [2.45, 2.75) is 52.1 Å². The van der Waals surface area contributed by atoms with E-state index in [0.29, 0.717) is 6.42 Å². The van der Waals surface area contributed by atoms with E-state index in [1.807, 2.05) is 37.3 Å². The van der Waals surface area contributed by atoms with Crippen molar-refractivity contribution in [1.29, 1.82) is 0 Å². The third-order valence-electron chi connectivity index (χ3n) is 3.22. The number of carboxylic acid groups (broad SMARTS) is 1. The van der Waals surface area contributed by atoms with Gasteiger partial charge in [-0.3, -0.25) is 4.79 Å². The molecule has 2 N–H and O–H groups in total. The maximum atomic E-state index is 10.4. The van der Waals surface area contributed by atoms with Gasteiger partial charge in [0.15, 0.2) is 0 Å². The molecule has 0 bridgehead atoms. The van der Waals surface area contributed by atoms with E-state index in [1.165, 1.54) is 0 Å². The van der Waals surface area contributed by atoms with E-state index in [2.05, 4.69) is 6.92 Å². The number of rotatable bonds is 8. The van der Waals surface area contributed by atoms with Crippen LogP contribution in [0.4, 0.5) is 0 Å². The Balaban J connectivity index is 2.73. The number of hydrogen-bond acceptors (Lipinski definition) is 2. The molecule has 0 spiro atoms. The van der Waals surface area contributed by atoms with Gasteiger partial charge in [-0.2, -0.15) is 0 Å². The largest absolute Gasteiger partial charge is 0.481 e. The zero-order valence-corrected chi connectivity index (χ0v) is 12.3. The first-order valence-corrected chi connectivity index (χ1v) is 7.21. The Morgan fingerprint density at radius 1 is 1.40 bits per heavy atom. The molecule has 0 heterocycles. The number of aryl methyl sites for hydroxylation is 1. The van der Waals surface area contributed by atoms with Crippen LogP contribution in [0.1, 0.15) is 61.8 Å². The molecule has 0 fully saturated rings. The van der Waals surface area contributed by atoms with Crippen LogP contribution in [0.15, 0.2) is 24.3 Å². The summed E-state index contributed by atoms with van der Waals surface area (Å²) in [5.74, 6) is -0.757. The number of unbranched alkanes of at least 4 members (excludes halogenated alkanes) is 1. The minimum Gasteiger partial charge on any atom is -0.481 e. The van der Waals surface area contributed by atoms with Crippen LogP contribution in [-0.2, 0) is 4.79 Å². The third-order valence-corrected chi connectivity index (χ3v) is 3.22. The van der Waals surface area contributed by atoms with Crippen molar-refractivity contribution in [3.05, 3.63) is 41.0 Å². The molecule has 0 saturated heterocycles. The molecule has 0 aliphatic rings. The van der Waals surface area contributed by atoms with Gasteiger partial charge >= 0.3 is 5.97 Å². The monoisotopic (exact) mass is 276 g/mol. The van der Waals surface area contributed by atoms with Crippen molar-refractivity contribution >= 4 is 12.0 Å². The smallest absolute Gasteiger partial charge is 0.303 e. The second-order valence-electron chi connectivity index (χ2n) is 5.13. The second kappa shape index (κ2) is 8.54. The lowest BCUT2D eigenvalue weighted by Crippen LogP contribution is -2.00. The molecule has 1 aromatic carbocycles. The predicted molar refractivity (Wildman–Crippen MR) is 81.6 cm³/mol. The van der Waals surface area contributed by atoms with Crippen molar-refractivity contribution in [2.75, 3.05) is 0 Å². The highest BCUT2D eigenvalue weighted by atomic mass is 16.4. The average Bonchev–Trinajstić information content (AvgIpc) is 2.39. The Morgan fingerprint density at radius 3 is 2.80 bits per heavy atom. The Bertz CT molecular complexity index is 463. The van der Waals surface area contributed by atoms with Gasteiger partial charge in [0.25, 0.3) is 0 Å². The van der Waals surface area contributed by atoms with Crippen LogP contribution < -0.4 is 0 Å². The van der Waals surface area contributed by atoms with Gasteiger partial charge in [-0.25, -0.2) is 0 Å². The van der Waals surface area contributed by atoms with Crippen LogP contribution in [0, 0.1) is 6.92 Å². The second-order valence-corrected chi connectivity index (χ2v) is 5.13. The normalized spacial score (nSPS) is 12.8. The van der Waals surface area contributed by atoms with Gasteiger partial charge in [0.2, 0.25) is 0 Å². The van der Waals surface area contributed by atoms with Gasteiger partial charge in [-0.1, -0.05) is 49.3 Å². The number of hydrogen-bond donors (Lipinski definition) is 2. The topological polar surface area (TPSA) is 57.5 Å². The Labute approximate surface area is 121 Å². The van der Waals surface area contributed by atoms with Gasteiger partial charge < -0.3 is 10.2 Å². The Kier molecular flexibility index (Phi) is 7.02. The minimum atomic E-state index is -0.757. The highest BCUT2D eigenvalue weighted by Crippen LogP contribution is 2.24. The summed E-state index contributed by atoms with van der Waals surface area (Å²) in [6.07, 6.45) is 6.81. The predicted octanol–water partition coefficient (Wildman–Crippen LogP) is 4.10. The van der Waals surface area contributed by atoms with Gasteiger partial charge in [0, 0.05) is 6.42 Å². The van der Waals surface area contributed by atoms with E-state index < -0.39 is 12.1 Å². The lowest BCUT2D eigenvalue weighted by atomic mass is 9.96. The fraction of sp³-hybridized carbons (Fsp3) is 0.471. The Morgan fingerprint density at radius 2 is 2.15 bits per heavy atom. The molecule has 0 aliphatic heterocycles. The van der Waals surface area contributed by atoms with Crippen LogP contribution >= 0.6 is 0 Å². The molecule has 3 heteroatoms. The quantitative estimate of drug-likeness (QED) is 0.703. The zero-order valence-electron chi connectivity index (χ0n) is 12.3. The van der Waals surface area contributed by atoms with E-state index in [1.54, 1.807) is 0 Å². The number of carbonyl (C=O) groups is 1. The molecular weight excluding hydrogens is 252 g/mol. The summed E-state index contributed by atoms with van der Waals surface area (Å²) in [6, 6.07) is 6.06. The zero-order chi connectivity index (χ0) is 15.0. The summed E-state index contributed by atoms with van der Waals surface area (Å²) in [4.78, 5) is 10.4. The molecule has 1 unspecified atom stereocenters. The first-order chi connectivity index (χ1) is 9.54. The molecule has 1 rings (SSSR count). The molecule has 0 amide bonds. The molecule has 0 radical (unpaired) electrons. The van der Waals surface area contributed by atoms with Gasteiger partial charge in [-0.05, 0) is 37.3 Å². The van der Waals surface area contributed by atoms with Crippen molar-refractivity contribution in [1.82, 2.24) is 0 Å². The first-order valence-electron chi connectivity index (χ1n) is 7.21. The summed E-state index contributed by atoms with van der Waals surface area (Å²) in [7, 11) is 0. The van der Waals surface area contributed by atoms with Crippen molar-refractivity contribution in [2.24, 2.45) is 0 Å². The van der Waals surface area contributed by atoms with E-state index in [9.17, 15) is 9.90 Å². The first kappa shape index (κ1) is 16.4. The lowest BCUT2D eigenvalue weighted by molar-refractivity contribution is -0.137. The molecule has 1 aromatic rings. The summed E-state index contributed by atoms with van der Waals surface area (Å²) in [6.45, 7) is 4.07. The summed E-state index contributed by atoms with van der Waals surface area (Å²) < 4.78 is 0. The number of carboxylic acids is 1. The van der Waals surface area contributed by atoms with E-state index >= 15 is 0 Å². The summed E-state index contributed by atoms with van der Waals surface area (Å²) in [5, 5.41) is 18.8. The number of allylic oxidation sites excluding steroid dienone is 1. The van der Waals surface area contributed by atoms with Gasteiger partial charge in [0.05, 0.1) is 6.10 Å². The Hall–Kier alpha value is -1.61. The van der Waals surface area contributed by atoms with Gasteiger partial charge in [-0.15, -0.1) is 0 Å². The van der Waals surface area contributed by atoms with Crippen molar-refractivity contribution < 1.29 is 15.0 Å². The maximum absolute atomic E-state index is 10.4. The summed E-state index contributed by atoms with van der Waals surface area (Å²) in [5.41, 5.74) is 3.12. The maximum Gasteiger partial charge on any atom is 0.303 e. The molecule has 1 atom stereocenters. The van der Waals surface area contributed by atoms with Crippen LogP contribution in [-0.4, -0.2) is 16.2 Å². The minimum absolute atomic E-state index is 0.198. The standard InChI is InChI=1S/C17H24O3/c1-3-7-16(18)15-12-13(2)10-11-14(15)8-5-4-6-9-17(19)20/h5,8,10-12,16,18H,3-4,6-7,9H2,1-2H3,(H,19,20). The van der Waals surface area contributed by atoms with Gasteiger partial charge in [0.1, 0.15) is 0 Å². The lowest BCUT2D eigenvalue weighted by Gasteiger charge is -2.14. The van der Waals surface area contributed by atoms with E-state index in [4.69, 9.17) is 5.11 Å². The summed E-state index contributed by atoms with van der Waals surface area (Å²) >= 11 is 0. The van der Waals surface area contributed by atoms with E-state index in [-0.39, 0.29) is 6.42 Å². The molecule has 3 nitrogen and oxygen atoms in total. The fourth-order valence-corrected chi connectivity index (χ4v) is 2.14. The number of aliphatic hydroxyl groups excluding tert-OH is 1. The molecule has 0 aliphatic carbocycles. The van der Waals surface area contributed by atoms with Crippen LogP contribution in [0.25, 0.3) is 6.08 Å². The van der Waals surface area contributed by atoms with E-state index in [0.717, 1.165) is 36.0 Å². The highest BCUT2D eigenvalue weighted by Gasteiger charge is 2.10. The molecule has 110 valence electrons. The van der Waals surface area contributed by atoms with Crippen LogP contribution in [0.5, 0.6) is 0 Å². The molecule has 0 saturated carbocycles. The molecular formula is C17H24O3. The van der Waals surface area contributed by atoms with Crippen molar-refractivity contribution in [3.63, 3.8) is 0 Å². The molecule has 0 aromatic heterocycles. The third kappa shape index (κ3) is 5.57. The number of aliphatic hydroxyl groups is 1. The van der Waals surface area contributed by atoms with Crippen LogP contribution in [0.3, 0.4) is 0 Å². The van der Waals surface area contributed by atoms with Crippen LogP contribution in [0.2, 0.25) is 0 Å². The fourth-order valence-electron chi connectivity index (χ4n) is 2.14. The van der Waals surface area contributed by atoms with Crippen molar-refractivity contribution in [3.8, 4) is 0 Å². The average molecular weight is 276 g/mol.